The largest absolute Gasteiger partial charge is 0.497 e. The van der Waals surface area contributed by atoms with Crippen LogP contribution in [0.5, 0.6) is 17.4 Å². The average molecular weight is 472 g/mol. The smallest absolute Gasteiger partial charge is 0.254 e. The number of nitrogens with zero attached hydrogens (tertiary/aromatic N) is 3. The summed E-state index contributed by atoms with van der Waals surface area (Å²) in [4.78, 5) is 15.2. The highest BCUT2D eigenvalue weighted by Crippen LogP contribution is 2.35. The summed E-state index contributed by atoms with van der Waals surface area (Å²) in [6.07, 6.45) is 0. The van der Waals surface area contributed by atoms with E-state index in [2.05, 4.69) is 0 Å². The van der Waals surface area contributed by atoms with E-state index in [0.717, 1.165) is 16.8 Å². The van der Waals surface area contributed by atoms with Gasteiger partial charge in [0.05, 0.1) is 25.8 Å². The van der Waals surface area contributed by atoms with E-state index in [0.29, 0.717) is 42.6 Å². The molecule has 7 heteroatoms. The van der Waals surface area contributed by atoms with Crippen LogP contribution in [0.4, 0.5) is 0 Å². The number of carbonyl (C=O) groups is 1. The number of methoxy groups -OCH3 is 2. The van der Waals surface area contributed by atoms with Gasteiger partial charge in [-0.05, 0) is 24.3 Å². The second-order valence-corrected chi connectivity index (χ2v) is 7.99. The second kappa shape index (κ2) is 11.4. The lowest BCUT2D eigenvalue weighted by Gasteiger charge is -2.23. The van der Waals surface area contributed by atoms with Gasteiger partial charge in [-0.1, -0.05) is 54.6 Å². The highest BCUT2D eigenvalue weighted by Gasteiger charge is 2.25. The molecule has 7 nitrogen and oxygen atoms in total. The number of ether oxygens (including phenoxy) is 3. The third-order valence-electron chi connectivity index (χ3n) is 5.61. The maximum Gasteiger partial charge on any atom is 0.254 e. The van der Waals surface area contributed by atoms with E-state index >= 15 is 0 Å². The quantitative estimate of drug-likeness (QED) is 0.319. The third kappa shape index (κ3) is 5.70. The van der Waals surface area contributed by atoms with Crippen molar-refractivity contribution in [1.82, 2.24) is 14.7 Å². The van der Waals surface area contributed by atoms with Crippen LogP contribution in [-0.2, 0) is 18.3 Å². The standard InChI is InChI=1S/C28H29N3O4/c1-30-28(35-24-16-10-15-23(19-24)34-3)25(26(29-30)21-11-6-4-7-12-21)20-31(17-18-33-2)27(32)22-13-8-5-9-14-22/h4-16,19H,17-18,20H2,1-3H3. The van der Waals surface area contributed by atoms with E-state index in [4.69, 9.17) is 19.3 Å². The molecule has 0 bridgehead atoms. The van der Waals surface area contributed by atoms with E-state index < -0.39 is 0 Å². The molecule has 0 aliphatic heterocycles. The Morgan fingerprint density at radius 3 is 2.29 bits per heavy atom. The summed E-state index contributed by atoms with van der Waals surface area (Å²) in [5.41, 5.74) is 3.12. The van der Waals surface area contributed by atoms with E-state index in [1.54, 1.807) is 23.8 Å². The fourth-order valence-electron chi connectivity index (χ4n) is 3.83. The molecule has 0 spiro atoms. The Balaban J connectivity index is 1.76. The molecule has 3 aromatic carbocycles. The van der Waals surface area contributed by atoms with Gasteiger partial charge in [0.2, 0.25) is 5.88 Å². The van der Waals surface area contributed by atoms with Gasteiger partial charge < -0.3 is 19.1 Å². The maximum atomic E-state index is 13.4. The molecule has 4 aromatic rings. The molecule has 4 rings (SSSR count). The summed E-state index contributed by atoms with van der Waals surface area (Å²) in [6, 6.07) is 26.5. The van der Waals surface area contributed by atoms with Crippen LogP contribution in [0.15, 0.2) is 84.9 Å². The van der Waals surface area contributed by atoms with Gasteiger partial charge in [0, 0.05) is 37.9 Å². The van der Waals surface area contributed by atoms with Crippen molar-refractivity contribution in [3.63, 3.8) is 0 Å². The summed E-state index contributed by atoms with van der Waals surface area (Å²) in [7, 11) is 5.08. The van der Waals surface area contributed by atoms with Gasteiger partial charge in [0.15, 0.2) is 0 Å². The molecule has 0 N–H and O–H groups in total. The number of hydrogen-bond acceptors (Lipinski definition) is 5. The minimum Gasteiger partial charge on any atom is -0.497 e. The molecule has 1 aromatic heterocycles. The first-order chi connectivity index (χ1) is 17.1. The van der Waals surface area contributed by atoms with Gasteiger partial charge in [-0.2, -0.15) is 5.10 Å². The fourth-order valence-corrected chi connectivity index (χ4v) is 3.83. The summed E-state index contributed by atoms with van der Waals surface area (Å²) >= 11 is 0. The Labute approximate surface area is 205 Å². The van der Waals surface area contributed by atoms with Crippen LogP contribution in [0.3, 0.4) is 0 Å². The lowest BCUT2D eigenvalue weighted by molar-refractivity contribution is 0.0679. The zero-order chi connectivity index (χ0) is 24.6. The molecule has 1 heterocycles. The van der Waals surface area contributed by atoms with Crippen molar-refractivity contribution in [2.24, 2.45) is 7.05 Å². The molecule has 0 saturated carbocycles. The molecule has 0 fully saturated rings. The first-order valence-corrected chi connectivity index (χ1v) is 11.4. The molecule has 0 aliphatic rings. The minimum absolute atomic E-state index is 0.0853. The van der Waals surface area contributed by atoms with Crippen LogP contribution in [0.1, 0.15) is 15.9 Å². The predicted octanol–water partition coefficient (Wildman–Crippen LogP) is 5.18. The molecule has 1 amide bonds. The number of rotatable bonds is 10. The van der Waals surface area contributed by atoms with Crippen molar-refractivity contribution >= 4 is 5.91 Å². The van der Waals surface area contributed by atoms with Gasteiger partial charge in [0.1, 0.15) is 17.2 Å². The predicted molar refractivity (Wildman–Crippen MR) is 135 cm³/mol. The summed E-state index contributed by atoms with van der Waals surface area (Å²) in [6.45, 7) is 1.13. The van der Waals surface area contributed by atoms with Crippen LogP contribution >= 0.6 is 0 Å². The number of aryl methyl sites for hydroxylation is 1. The van der Waals surface area contributed by atoms with Crippen LogP contribution in [-0.4, -0.2) is 48.0 Å². The second-order valence-electron chi connectivity index (χ2n) is 7.99. The van der Waals surface area contributed by atoms with Crippen molar-refractivity contribution in [3.05, 3.63) is 96.1 Å². The van der Waals surface area contributed by atoms with Crippen molar-refractivity contribution in [2.45, 2.75) is 6.54 Å². The third-order valence-corrected chi connectivity index (χ3v) is 5.61. The maximum absolute atomic E-state index is 13.4. The van der Waals surface area contributed by atoms with Gasteiger partial charge >= 0.3 is 0 Å². The average Bonchev–Trinajstić information content (AvgIpc) is 3.21. The van der Waals surface area contributed by atoms with Crippen LogP contribution in [0, 0.1) is 0 Å². The Morgan fingerprint density at radius 1 is 0.914 bits per heavy atom. The monoisotopic (exact) mass is 471 g/mol. The van der Waals surface area contributed by atoms with Crippen LogP contribution in [0.25, 0.3) is 11.3 Å². The summed E-state index contributed by atoms with van der Waals surface area (Å²) in [5, 5.41) is 4.78. The Bertz CT molecular complexity index is 1260. The molecule has 180 valence electrons. The normalized spacial score (nSPS) is 10.7. The zero-order valence-electron chi connectivity index (χ0n) is 20.2. The lowest BCUT2D eigenvalue weighted by Crippen LogP contribution is -2.33. The van der Waals surface area contributed by atoms with Crippen molar-refractivity contribution in [2.75, 3.05) is 27.4 Å². The number of hydrogen-bond donors (Lipinski definition) is 0. The summed E-state index contributed by atoms with van der Waals surface area (Å²) < 4.78 is 18.7. The number of benzene rings is 3. The molecule has 0 atom stereocenters. The molecular weight excluding hydrogens is 442 g/mol. The van der Waals surface area contributed by atoms with E-state index in [9.17, 15) is 4.79 Å². The highest BCUT2D eigenvalue weighted by molar-refractivity contribution is 5.94. The Kier molecular flexibility index (Phi) is 7.80. The SMILES string of the molecule is COCCN(Cc1c(-c2ccccc2)nn(C)c1Oc1cccc(OC)c1)C(=O)c1ccccc1. The van der Waals surface area contributed by atoms with Crippen molar-refractivity contribution < 1.29 is 19.0 Å². The Morgan fingerprint density at radius 2 is 1.60 bits per heavy atom. The van der Waals surface area contributed by atoms with Crippen LogP contribution < -0.4 is 9.47 Å². The fraction of sp³-hybridized carbons (Fsp3) is 0.214. The molecule has 0 aliphatic carbocycles. The highest BCUT2D eigenvalue weighted by atomic mass is 16.5. The van der Waals surface area contributed by atoms with E-state index in [1.165, 1.54) is 0 Å². The van der Waals surface area contributed by atoms with Gasteiger partial charge in [-0.25, -0.2) is 4.68 Å². The summed E-state index contributed by atoms with van der Waals surface area (Å²) in [5.74, 6) is 1.78. The first-order valence-electron chi connectivity index (χ1n) is 11.4. The Hall–Kier alpha value is -4.10. The number of amides is 1. The molecule has 0 unspecified atom stereocenters. The molecule has 0 saturated heterocycles. The lowest BCUT2D eigenvalue weighted by atomic mass is 10.1. The molecule has 0 radical (unpaired) electrons. The number of carbonyl (C=O) groups excluding carboxylic acids is 1. The first kappa shape index (κ1) is 24.0. The van der Waals surface area contributed by atoms with Crippen molar-refractivity contribution in [1.29, 1.82) is 0 Å². The topological polar surface area (TPSA) is 65.8 Å². The van der Waals surface area contributed by atoms with Crippen LogP contribution in [0.2, 0.25) is 0 Å². The van der Waals surface area contributed by atoms with E-state index in [-0.39, 0.29) is 5.91 Å². The molecular formula is C28H29N3O4. The number of aromatic nitrogens is 2. The zero-order valence-corrected chi connectivity index (χ0v) is 20.2. The van der Waals surface area contributed by atoms with Crippen molar-refractivity contribution in [3.8, 4) is 28.6 Å². The molecule has 35 heavy (non-hydrogen) atoms. The van der Waals surface area contributed by atoms with E-state index in [1.807, 2.05) is 92.0 Å². The van der Waals surface area contributed by atoms with Gasteiger partial charge in [-0.3, -0.25) is 4.79 Å². The van der Waals surface area contributed by atoms with Gasteiger partial charge in [-0.15, -0.1) is 0 Å². The minimum atomic E-state index is -0.0853. The van der Waals surface area contributed by atoms with Gasteiger partial charge in [0.25, 0.3) is 5.91 Å².